The molecule has 0 aliphatic rings. The van der Waals surface area contributed by atoms with Gasteiger partial charge in [0.1, 0.15) is 5.60 Å². The van der Waals surface area contributed by atoms with Gasteiger partial charge in [-0.1, -0.05) is 68.8 Å². The van der Waals surface area contributed by atoms with Crippen LogP contribution in [-0.4, -0.2) is 64.4 Å². The molecule has 8 nitrogen and oxygen atoms in total. The molecule has 2 aromatic carbocycles. The van der Waals surface area contributed by atoms with Crippen molar-refractivity contribution in [3.63, 3.8) is 0 Å². The van der Waals surface area contributed by atoms with Crippen LogP contribution in [0.1, 0.15) is 58.8 Å². The molecule has 11 heteroatoms. The second kappa shape index (κ2) is 14.8. The Kier molecular flexibility index (Phi) is 12.7. The quantitative estimate of drug-likeness (QED) is 0.240. The molecule has 1 unspecified atom stereocenters. The van der Waals surface area contributed by atoms with E-state index in [1.165, 1.54) is 0 Å². The van der Waals surface area contributed by atoms with E-state index in [0.29, 0.717) is 29.5 Å². The number of hydrogen-bond acceptors (Lipinski definition) is 7. The van der Waals surface area contributed by atoms with Crippen molar-refractivity contribution in [3.8, 4) is 0 Å². The number of carbonyl (C=O) groups is 1. The van der Waals surface area contributed by atoms with Crippen LogP contribution in [0.5, 0.6) is 0 Å². The lowest BCUT2D eigenvalue weighted by atomic mass is 10.1. The average molecular weight is 613 g/mol. The van der Waals surface area contributed by atoms with Crippen LogP contribution in [0.15, 0.2) is 48.5 Å². The van der Waals surface area contributed by atoms with Crippen molar-refractivity contribution in [1.29, 1.82) is 0 Å². The van der Waals surface area contributed by atoms with E-state index < -0.39 is 36.1 Å². The molecule has 0 bridgehead atoms. The van der Waals surface area contributed by atoms with Crippen LogP contribution in [0.2, 0.25) is 23.2 Å². The molecule has 0 spiro atoms. The number of sulfonamides is 1. The third-order valence-corrected chi connectivity index (χ3v) is 12.8. The molecule has 0 radical (unpaired) electrons. The summed E-state index contributed by atoms with van der Waals surface area (Å²) in [6.07, 6.45) is -0.533. The van der Waals surface area contributed by atoms with Gasteiger partial charge in [-0.2, -0.15) is 4.31 Å². The first-order valence-electron chi connectivity index (χ1n) is 13.8. The normalized spacial score (nSPS) is 13.3. The highest BCUT2D eigenvalue weighted by atomic mass is 35.5. The fraction of sp³-hybridized carbons (Fsp3) is 0.552. The third kappa shape index (κ3) is 9.85. The van der Waals surface area contributed by atoms with Gasteiger partial charge in [0, 0.05) is 19.6 Å². The Morgan fingerprint density at radius 3 is 2.15 bits per heavy atom. The summed E-state index contributed by atoms with van der Waals surface area (Å²) < 4.78 is 38.7. The van der Waals surface area contributed by atoms with E-state index >= 15 is 0 Å². The molecule has 40 heavy (non-hydrogen) atoms. The lowest BCUT2D eigenvalue weighted by Crippen LogP contribution is -2.42. The Bertz CT molecular complexity index is 1190. The van der Waals surface area contributed by atoms with Gasteiger partial charge in [0.15, 0.2) is 8.32 Å². The first-order valence-corrected chi connectivity index (χ1v) is 18.5. The van der Waals surface area contributed by atoms with E-state index in [1.807, 2.05) is 36.4 Å². The summed E-state index contributed by atoms with van der Waals surface area (Å²) in [5, 5.41) is 9.95. The maximum atomic E-state index is 13.1. The number of rotatable bonds is 14. The van der Waals surface area contributed by atoms with Crippen molar-refractivity contribution in [2.45, 2.75) is 77.9 Å². The van der Waals surface area contributed by atoms with Crippen LogP contribution in [0, 0.1) is 0 Å². The SMILES string of the molecule is CC[Si](CC)(CC)OC(CN(CCO)Cc1ccccc1)c1ccc(Cl)c(N(C(=O)OC(C)(C)C)S(C)(=O)=O)c1. The van der Waals surface area contributed by atoms with E-state index in [2.05, 4.69) is 25.7 Å². The fourth-order valence-corrected chi connectivity index (χ4v) is 8.45. The molecule has 0 heterocycles. The number of aliphatic hydroxyl groups is 1. The van der Waals surface area contributed by atoms with Crippen LogP contribution < -0.4 is 4.31 Å². The second-order valence-corrected chi connectivity index (χ2v) is 18.0. The minimum Gasteiger partial charge on any atom is -0.443 e. The number of halogens is 1. The van der Waals surface area contributed by atoms with Gasteiger partial charge in [-0.15, -0.1) is 0 Å². The molecule has 0 fully saturated rings. The smallest absolute Gasteiger partial charge is 0.428 e. The molecule has 2 rings (SSSR count). The Hall–Kier alpha value is -1.95. The largest absolute Gasteiger partial charge is 0.443 e. The van der Waals surface area contributed by atoms with Gasteiger partial charge in [0.25, 0.3) is 0 Å². The summed E-state index contributed by atoms with van der Waals surface area (Å²) in [7, 11) is -6.22. The lowest BCUT2D eigenvalue weighted by Gasteiger charge is -2.36. The summed E-state index contributed by atoms with van der Waals surface area (Å²) in [4.78, 5) is 15.2. The Morgan fingerprint density at radius 1 is 1.05 bits per heavy atom. The molecule has 2 aromatic rings. The van der Waals surface area contributed by atoms with Gasteiger partial charge in [-0.25, -0.2) is 13.2 Å². The topological polar surface area (TPSA) is 96.4 Å². The molecule has 0 saturated carbocycles. The highest BCUT2D eigenvalue weighted by Gasteiger charge is 2.36. The number of benzene rings is 2. The molecule has 0 saturated heterocycles. The average Bonchev–Trinajstić information content (AvgIpc) is 2.87. The lowest BCUT2D eigenvalue weighted by molar-refractivity contribution is 0.0608. The zero-order valence-electron chi connectivity index (χ0n) is 24.8. The van der Waals surface area contributed by atoms with E-state index in [4.69, 9.17) is 20.8 Å². The molecule has 1 atom stereocenters. The molecule has 0 aromatic heterocycles. The molecule has 1 N–H and O–H groups in total. The minimum absolute atomic E-state index is 0.0121. The molecule has 1 amide bonds. The Balaban J connectivity index is 2.62. The van der Waals surface area contributed by atoms with Crippen LogP contribution in [0.4, 0.5) is 10.5 Å². The zero-order valence-corrected chi connectivity index (χ0v) is 27.4. The second-order valence-electron chi connectivity index (χ2n) is 11.0. The molecule has 0 aliphatic heterocycles. The highest BCUT2D eigenvalue weighted by Crippen LogP contribution is 2.36. The first-order chi connectivity index (χ1) is 18.7. The molecule has 224 valence electrons. The summed E-state index contributed by atoms with van der Waals surface area (Å²) >= 11 is 6.51. The van der Waals surface area contributed by atoms with Crippen LogP contribution in [0.25, 0.3) is 0 Å². The zero-order chi connectivity index (χ0) is 30.1. The summed E-state index contributed by atoms with van der Waals surface area (Å²) in [5.74, 6) is 0. The Labute approximate surface area is 246 Å². The maximum absolute atomic E-state index is 13.1. The number of amides is 1. The van der Waals surface area contributed by atoms with Crippen LogP contribution in [-0.2, 0) is 25.7 Å². The number of aliphatic hydroxyl groups excluding tert-OH is 1. The number of hydrogen-bond donors (Lipinski definition) is 1. The van der Waals surface area contributed by atoms with Gasteiger partial charge in [0.05, 0.1) is 29.7 Å². The van der Waals surface area contributed by atoms with Gasteiger partial charge >= 0.3 is 6.09 Å². The number of ether oxygens (including phenoxy) is 1. The fourth-order valence-electron chi connectivity index (χ4n) is 4.57. The molecular weight excluding hydrogens is 568 g/mol. The maximum Gasteiger partial charge on any atom is 0.428 e. The van der Waals surface area contributed by atoms with Gasteiger partial charge in [-0.05, 0) is 62.2 Å². The Morgan fingerprint density at radius 2 is 1.65 bits per heavy atom. The highest BCUT2D eigenvalue weighted by molar-refractivity contribution is 7.92. The first kappa shape index (κ1) is 34.2. The van der Waals surface area contributed by atoms with Crippen molar-refractivity contribution >= 4 is 41.7 Å². The summed E-state index contributed by atoms with van der Waals surface area (Å²) in [6, 6.07) is 17.8. The summed E-state index contributed by atoms with van der Waals surface area (Å²) in [6.45, 7) is 12.9. The predicted molar refractivity (Wildman–Crippen MR) is 165 cm³/mol. The number of carbonyl (C=O) groups excluding carboxylic acids is 1. The van der Waals surface area contributed by atoms with Crippen molar-refractivity contribution in [3.05, 3.63) is 64.7 Å². The standard InChI is InChI=1S/C29H45ClN2O6SSi/c1-8-40(9-2,10-3)38-27(22-31(18-19-33)21-23-14-12-11-13-15-23)24-16-17-25(30)26(20-24)32(39(7,35)36)28(34)37-29(4,5)6/h11-17,20,27,33H,8-10,18-19,21-22H2,1-7H3. The monoisotopic (exact) mass is 612 g/mol. The van der Waals surface area contributed by atoms with Crippen molar-refractivity contribution in [2.24, 2.45) is 0 Å². The van der Waals surface area contributed by atoms with Crippen molar-refractivity contribution in [1.82, 2.24) is 4.90 Å². The summed E-state index contributed by atoms with van der Waals surface area (Å²) in [5.41, 5.74) is 0.898. The van der Waals surface area contributed by atoms with Gasteiger partial charge in [0.2, 0.25) is 10.0 Å². The van der Waals surface area contributed by atoms with E-state index in [1.54, 1.807) is 32.9 Å². The number of anilines is 1. The molecule has 0 aliphatic carbocycles. The van der Waals surface area contributed by atoms with Crippen molar-refractivity contribution < 1.29 is 27.5 Å². The predicted octanol–water partition coefficient (Wildman–Crippen LogP) is 6.60. The van der Waals surface area contributed by atoms with Gasteiger partial charge < -0.3 is 14.3 Å². The minimum atomic E-state index is -4.08. The van der Waals surface area contributed by atoms with Gasteiger partial charge in [-0.3, -0.25) is 4.90 Å². The van der Waals surface area contributed by atoms with Crippen molar-refractivity contribution in [2.75, 3.05) is 30.3 Å². The molecular formula is C29H45ClN2O6SSi. The van der Waals surface area contributed by atoms with E-state index in [-0.39, 0.29) is 17.3 Å². The van der Waals surface area contributed by atoms with E-state index in [0.717, 1.165) is 30.0 Å². The third-order valence-electron chi connectivity index (χ3n) is 6.87. The number of nitrogens with zero attached hydrogens (tertiary/aromatic N) is 2. The van der Waals surface area contributed by atoms with Crippen LogP contribution in [0.3, 0.4) is 0 Å². The van der Waals surface area contributed by atoms with E-state index in [9.17, 15) is 18.3 Å². The van der Waals surface area contributed by atoms with Crippen LogP contribution >= 0.6 is 11.6 Å².